The van der Waals surface area contributed by atoms with Crippen molar-refractivity contribution in [1.82, 2.24) is 9.80 Å². The maximum Gasteiger partial charge on any atom is 0.277 e. The van der Waals surface area contributed by atoms with Gasteiger partial charge in [-0.3, -0.25) is 19.3 Å². The zero-order valence-electron chi connectivity index (χ0n) is 16.4. The Hall–Kier alpha value is -2.87. The Labute approximate surface area is 169 Å². The third-order valence-corrected chi connectivity index (χ3v) is 5.69. The number of amides is 3. The standard InChI is InChI=1S/C21H26N4O4/c26-12-11-25-19(27)14-17(21(25)29)22-16-13-15(20(28)24-9-3-4-10-24)5-6-18(16)23-7-1-2-8-23/h5-6,13-14,22,26H,1-4,7-12H2. The molecule has 2 saturated heterocycles. The second-order valence-electron chi connectivity index (χ2n) is 7.63. The number of anilines is 2. The highest BCUT2D eigenvalue weighted by molar-refractivity contribution is 6.17. The molecule has 0 saturated carbocycles. The molecule has 0 aliphatic carbocycles. The Morgan fingerprint density at radius 2 is 1.72 bits per heavy atom. The first-order valence-electron chi connectivity index (χ1n) is 10.2. The van der Waals surface area contributed by atoms with E-state index in [1.54, 1.807) is 6.07 Å². The summed E-state index contributed by atoms with van der Waals surface area (Å²) in [5.74, 6) is -0.922. The maximum absolute atomic E-state index is 12.8. The number of carbonyl (C=O) groups excluding carboxylic acids is 3. The zero-order chi connectivity index (χ0) is 20.4. The zero-order valence-corrected chi connectivity index (χ0v) is 16.4. The fourth-order valence-corrected chi connectivity index (χ4v) is 4.16. The van der Waals surface area contributed by atoms with E-state index in [1.165, 1.54) is 6.08 Å². The molecule has 0 aromatic heterocycles. The molecule has 1 aromatic carbocycles. The highest BCUT2D eigenvalue weighted by Crippen LogP contribution is 2.32. The van der Waals surface area contributed by atoms with Gasteiger partial charge in [0.15, 0.2) is 0 Å². The number of aliphatic hydroxyl groups is 1. The van der Waals surface area contributed by atoms with Crippen molar-refractivity contribution in [2.75, 3.05) is 49.5 Å². The van der Waals surface area contributed by atoms with Gasteiger partial charge in [0.05, 0.1) is 24.5 Å². The first-order chi connectivity index (χ1) is 14.1. The fourth-order valence-electron chi connectivity index (χ4n) is 4.16. The van der Waals surface area contributed by atoms with E-state index < -0.39 is 11.8 Å². The van der Waals surface area contributed by atoms with Crippen molar-refractivity contribution in [3.8, 4) is 0 Å². The number of nitrogens with one attached hydrogen (secondary N) is 1. The number of imide groups is 1. The molecule has 2 N–H and O–H groups in total. The minimum absolute atomic E-state index is 0.0109. The number of benzene rings is 1. The molecular formula is C21H26N4O4. The Kier molecular flexibility index (Phi) is 5.53. The predicted molar refractivity (Wildman–Crippen MR) is 109 cm³/mol. The Morgan fingerprint density at radius 1 is 1.03 bits per heavy atom. The number of nitrogens with zero attached hydrogens (tertiary/aromatic N) is 3. The van der Waals surface area contributed by atoms with E-state index in [0.717, 1.165) is 62.4 Å². The first-order valence-corrected chi connectivity index (χ1v) is 10.2. The molecular weight excluding hydrogens is 372 g/mol. The maximum atomic E-state index is 12.8. The van der Waals surface area contributed by atoms with Gasteiger partial charge < -0.3 is 20.2 Å². The van der Waals surface area contributed by atoms with Crippen molar-refractivity contribution in [2.45, 2.75) is 25.7 Å². The van der Waals surface area contributed by atoms with Gasteiger partial charge in [-0.25, -0.2) is 0 Å². The minimum atomic E-state index is -0.465. The van der Waals surface area contributed by atoms with Crippen molar-refractivity contribution < 1.29 is 19.5 Å². The van der Waals surface area contributed by atoms with Crippen molar-refractivity contribution in [1.29, 1.82) is 0 Å². The summed E-state index contributed by atoms with van der Waals surface area (Å²) in [6.07, 6.45) is 5.48. The SMILES string of the molecule is O=C(c1ccc(N2CCCC2)c(NC2=CC(=O)N(CCO)C2=O)c1)N1CCCC1. The monoisotopic (exact) mass is 398 g/mol. The van der Waals surface area contributed by atoms with Crippen LogP contribution in [0.3, 0.4) is 0 Å². The molecule has 0 radical (unpaired) electrons. The van der Waals surface area contributed by atoms with Crippen molar-refractivity contribution >= 4 is 29.1 Å². The van der Waals surface area contributed by atoms with Gasteiger partial charge in [0.1, 0.15) is 5.70 Å². The highest BCUT2D eigenvalue weighted by Gasteiger charge is 2.31. The molecule has 4 rings (SSSR count). The van der Waals surface area contributed by atoms with Crippen LogP contribution in [0.4, 0.5) is 11.4 Å². The number of aliphatic hydroxyl groups excluding tert-OH is 1. The number of rotatable bonds is 6. The molecule has 154 valence electrons. The van der Waals surface area contributed by atoms with Crippen LogP contribution in [0.25, 0.3) is 0 Å². The summed E-state index contributed by atoms with van der Waals surface area (Å²) in [4.78, 5) is 42.5. The number of hydrogen-bond donors (Lipinski definition) is 2. The summed E-state index contributed by atoms with van der Waals surface area (Å²) in [6.45, 7) is 3.05. The molecule has 8 heteroatoms. The van der Waals surface area contributed by atoms with Crippen LogP contribution in [0.1, 0.15) is 36.0 Å². The molecule has 3 amide bonds. The molecule has 0 spiro atoms. The molecule has 8 nitrogen and oxygen atoms in total. The van der Waals surface area contributed by atoms with Crippen LogP contribution >= 0.6 is 0 Å². The third-order valence-electron chi connectivity index (χ3n) is 5.69. The topological polar surface area (TPSA) is 93.2 Å². The summed E-state index contributed by atoms with van der Waals surface area (Å²) in [7, 11) is 0. The molecule has 0 bridgehead atoms. The van der Waals surface area contributed by atoms with Crippen LogP contribution in [-0.2, 0) is 9.59 Å². The summed E-state index contributed by atoms with van der Waals surface area (Å²) in [6, 6.07) is 5.54. The lowest BCUT2D eigenvalue weighted by Gasteiger charge is -2.24. The third kappa shape index (κ3) is 3.85. The lowest BCUT2D eigenvalue weighted by atomic mass is 10.1. The summed E-state index contributed by atoms with van der Waals surface area (Å²) < 4.78 is 0. The lowest BCUT2D eigenvalue weighted by Crippen LogP contribution is -2.34. The van der Waals surface area contributed by atoms with E-state index in [1.807, 2.05) is 17.0 Å². The second-order valence-corrected chi connectivity index (χ2v) is 7.63. The Morgan fingerprint density at radius 3 is 2.41 bits per heavy atom. The average Bonchev–Trinajstić information content (AvgIpc) is 3.47. The normalized spacial score (nSPS) is 19.3. The van der Waals surface area contributed by atoms with Crippen LogP contribution in [-0.4, -0.2) is 72.0 Å². The van der Waals surface area contributed by atoms with Crippen molar-refractivity contribution in [3.05, 3.63) is 35.5 Å². The van der Waals surface area contributed by atoms with Crippen LogP contribution in [0.2, 0.25) is 0 Å². The first kappa shape index (κ1) is 19.4. The number of hydrogen-bond acceptors (Lipinski definition) is 6. The number of likely N-dealkylation sites (tertiary alicyclic amines) is 1. The molecule has 29 heavy (non-hydrogen) atoms. The van der Waals surface area contributed by atoms with Gasteiger partial charge in [0.25, 0.3) is 17.7 Å². The summed E-state index contributed by atoms with van der Waals surface area (Å²) >= 11 is 0. The fraction of sp³-hybridized carbons (Fsp3) is 0.476. The summed E-state index contributed by atoms with van der Waals surface area (Å²) in [5, 5.41) is 12.2. The van der Waals surface area contributed by atoms with Gasteiger partial charge >= 0.3 is 0 Å². The van der Waals surface area contributed by atoms with Gasteiger partial charge in [-0.15, -0.1) is 0 Å². The van der Waals surface area contributed by atoms with Gasteiger partial charge in [-0.1, -0.05) is 0 Å². The molecule has 0 atom stereocenters. The minimum Gasteiger partial charge on any atom is -0.395 e. The van der Waals surface area contributed by atoms with Gasteiger partial charge in [0.2, 0.25) is 0 Å². The van der Waals surface area contributed by atoms with Crippen LogP contribution < -0.4 is 10.2 Å². The van der Waals surface area contributed by atoms with E-state index in [0.29, 0.717) is 11.3 Å². The van der Waals surface area contributed by atoms with Crippen LogP contribution in [0, 0.1) is 0 Å². The quantitative estimate of drug-likeness (QED) is 0.699. The average molecular weight is 398 g/mol. The lowest BCUT2D eigenvalue weighted by molar-refractivity contribution is -0.137. The number of β-amino-alcohol motifs (C(OH)–C–C–N with tert-alkyl or cyclic N) is 1. The smallest absolute Gasteiger partial charge is 0.277 e. The molecule has 3 aliphatic rings. The molecule has 3 heterocycles. The van der Waals surface area contributed by atoms with E-state index in [-0.39, 0.29) is 24.8 Å². The van der Waals surface area contributed by atoms with Gasteiger partial charge in [-0.05, 0) is 43.9 Å². The Balaban J connectivity index is 1.63. The van der Waals surface area contributed by atoms with Gasteiger partial charge in [-0.2, -0.15) is 0 Å². The Bertz CT molecular complexity index is 854. The highest BCUT2D eigenvalue weighted by atomic mass is 16.3. The van der Waals surface area contributed by atoms with E-state index in [2.05, 4.69) is 10.2 Å². The van der Waals surface area contributed by atoms with E-state index in [4.69, 9.17) is 5.11 Å². The van der Waals surface area contributed by atoms with E-state index >= 15 is 0 Å². The van der Waals surface area contributed by atoms with Gasteiger partial charge in [0, 0.05) is 37.8 Å². The largest absolute Gasteiger partial charge is 0.395 e. The van der Waals surface area contributed by atoms with E-state index in [9.17, 15) is 14.4 Å². The summed E-state index contributed by atoms with van der Waals surface area (Å²) in [5.41, 5.74) is 2.30. The predicted octanol–water partition coefficient (Wildman–Crippen LogP) is 1.18. The molecule has 2 fully saturated rings. The van der Waals surface area contributed by atoms with Crippen molar-refractivity contribution in [2.24, 2.45) is 0 Å². The molecule has 3 aliphatic heterocycles. The second kappa shape index (κ2) is 8.24. The van der Waals surface area contributed by atoms with Crippen LogP contribution in [0.5, 0.6) is 0 Å². The van der Waals surface area contributed by atoms with Crippen LogP contribution in [0.15, 0.2) is 30.0 Å². The molecule has 1 aromatic rings. The van der Waals surface area contributed by atoms with Crippen molar-refractivity contribution in [3.63, 3.8) is 0 Å². The molecule has 0 unspecified atom stereocenters. The number of carbonyl (C=O) groups is 3.